The summed E-state index contributed by atoms with van der Waals surface area (Å²) in [5.41, 5.74) is 0. The van der Waals surface area contributed by atoms with Gasteiger partial charge in [0.15, 0.2) is 0 Å². The minimum absolute atomic E-state index is 1.00. The van der Waals surface area contributed by atoms with Gasteiger partial charge in [-0.3, -0.25) is 0 Å². The fourth-order valence-corrected chi connectivity index (χ4v) is 3.05. The molecule has 0 nitrogen and oxygen atoms in total. The summed E-state index contributed by atoms with van der Waals surface area (Å²) in [6.07, 6.45) is 4.14. The zero-order valence-corrected chi connectivity index (χ0v) is 9.95. The fraction of sp³-hybridized carbons (Fsp3) is 0.333. The molecule has 0 N–H and O–H groups in total. The average molecular weight is 302 g/mol. The maximum atomic E-state index is 3.30. The molecule has 1 fully saturated rings. The summed E-state index contributed by atoms with van der Waals surface area (Å²) in [5, 5.41) is 0. The van der Waals surface area contributed by atoms with Crippen LogP contribution in [-0.2, 0) is 0 Å². The minimum atomic E-state index is 1.00. The van der Waals surface area contributed by atoms with E-state index in [2.05, 4.69) is 37.9 Å². The van der Waals surface area contributed by atoms with Gasteiger partial charge >= 0.3 is 0 Å². The lowest BCUT2D eigenvalue weighted by Crippen LogP contribution is -1.64. The molecule has 0 aromatic rings. The summed E-state index contributed by atoms with van der Waals surface area (Å²) in [6.45, 7) is 0. The Kier molecular flexibility index (Phi) is 4.53. The van der Waals surface area contributed by atoms with Gasteiger partial charge in [-0.15, -0.1) is 23.5 Å². The Labute approximate surface area is 86.2 Å². The van der Waals surface area contributed by atoms with E-state index in [-0.39, 0.29) is 0 Å². The van der Waals surface area contributed by atoms with Crippen LogP contribution in [0, 0.1) is 0 Å². The van der Waals surface area contributed by atoms with Gasteiger partial charge in [-0.1, -0.05) is 0 Å². The standard InChI is InChI=1S/C6H6Br2S2/c7-5(8)1-2-6-9-3-4-10-6/h1-2H,3-4H2. The van der Waals surface area contributed by atoms with Crippen molar-refractivity contribution in [2.45, 2.75) is 0 Å². The molecule has 10 heavy (non-hydrogen) atoms. The van der Waals surface area contributed by atoms with Crippen LogP contribution < -0.4 is 0 Å². The molecule has 0 atom stereocenters. The van der Waals surface area contributed by atoms with Crippen molar-refractivity contribution in [2.75, 3.05) is 11.5 Å². The molecule has 1 aliphatic heterocycles. The number of hydrogen-bond donors (Lipinski definition) is 0. The molecule has 1 rings (SSSR count). The van der Waals surface area contributed by atoms with Crippen molar-refractivity contribution in [2.24, 2.45) is 0 Å². The van der Waals surface area contributed by atoms with Crippen LogP contribution in [0.3, 0.4) is 0 Å². The van der Waals surface area contributed by atoms with Crippen molar-refractivity contribution < 1.29 is 0 Å². The van der Waals surface area contributed by atoms with Crippen LogP contribution in [0.5, 0.6) is 0 Å². The van der Waals surface area contributed by atoms with Gasteiger partial charge in [0.05, 0.1) is 3.39 Å². The molecule has 0 aliphatic carbocycles. The third kappa shape index (κ3) is 3.51. The molecule has 0 amide bonds. The van der Waals surface area contributed by atoms with Crippen molar-refractivity contribution >= 4 is 55.4 Å². The summed E-state index contributed by atoms with van der Waals surface area (Å²) in [4.78, 5) is 0. The average Bonchev–Trinajstić information content (AvgIpc) is 2.34. The summed E-state index contributed by atoms with van der Waals surface area (Å²) in [7, 11) is 0. The summed E-state index contributed by atoms with van der Waals surface area (Å²) >= 11 is 10.4. The molecule has 4 heteroatoms. The Hall–Kier alpha value is 1.14. The first kappa shape index (κ1) is 9.23. The molecule has 0 aromatic carbocycles. The molecule has 1 heterocycles. The Morgan fingerprint density at radius 1 is 1.30 bits per heavy atom. The highest BCUT2D eigenvalue weighted by Gasteiger charge is 2.05. The molecule has 0 unspecified atom stereocenters. The molecule has 0 radical (unpaired) electrons. The van der Waals surface area contributed by atoms with Crippen molar-refractivity contribution in [3.8, 4) is 0 Å². The van der Waals surface area contributed by atoms with E-state index in [4.69, 9.17) is 0 Å². The number of hydrogen-bond acceptors (Lipinski definition) is 2. The van der Waals surface area contributed by atoms with E-state index in [1.54, 1.807) is 0 Å². The second-order valence-corrected chi connectivity index (χ2v) is 6.94. The molecule has 0 saturated carbocycles. The van der Waals surface area contributed by atoms with Crippen molar-refractivity contribution in [1.29, 1.82) is 0 Å². The normalized spacial score (nSPS) is 17.2. The van der Waals surface area contributed by atoms with Gasteiger partial charge in [0.25, 0.3) is 0 Å². The zero-order valence-electron chi connectivity index (χ0n) is 5.14. The summed E-state index contributed by atoms with van der Waals surface area (Å²) in [5.74, 6) is 2.51. The molecule has 0 aromatic heterocycles. The van der Waals surface area contributed by atoms with Gasteiger partial charge in [0, 0.05) is 15.7 Å². The highest BCUT2D eigenvalue weighted by atomic mass is 79.9. The van der Waals surface area contributed by atoms with Gasteiger partial charge in [-0.05, 0) is 44.0 Å². The lowest BCUT2D eigenvalue weighted by molar-refractivity contribution is 1.59. The third-order valence-electron chi connectivity index (χ3n) is 0.917. The molecular weight excluding hydrogens is 296 g/mol. The molecule has 1 aliphatic rings. The quantitative estimate of drug-likeness (QED) is 0.719. The van der Waals surface area contributed by atoms with Gasteiger partial charge in [-0.2, -0.15) is 0 Å². The number of rotatable bonds is 1. The van der Waals surface area contributed by atoms with Gasteiger partial charge in [-0.25, -0.2) is 0 Å². The Bertz CT molecular complexity index is 163. The van der Waals surface area contributed by atoms with E-state index in [1.807, 2.05) is 29.6 Å². The topological polar surface area (TPSA) is 0 Å². The van der Waals surface area contributed by atoms with E-state index < -0.39 is 0 Å². The van der Waals surface area contributed by atoms with E-state index in [1.165, 1.54) is 15.7 Å². The zero-order chi connectivity index (χ0) is 7.40. The molecule has 0 bridgehead atoms. The Balaban J connectivity index is 2.46. The van der Waals surface area contributed by atoms with Crippen LogP contribution >= 0.6 is 55.4 Å². The second-order valence-electron chi connectivity index (χ2n) is 1.64. The number of allylic oxidation sites excluding steroid dienone is 2. The lowest BCUT2D eigenvalue weighted by atomic mass is 10.6. The van der Waals surface area contributed by atoms with Gasteiger partial charge in [0.1, 0.15) is 0 Å². The van der Waals surface area contributed by atoms with Crippen LogP contribution in [0.2, 0.25) is 0 Å². The Morgan fingerprint density at radius 3 is 2.40 bits per heavy atom. The van der Waals surface area contributed by atoms with Crippen molar-refractivity contribution in [3.05, 3.63) is 19.8 Å². The first-order valence-corrected chi connectivity index (χ1v) is 6.33. The SMILES string of the molecule is BrC(Br)=CC=C1SCCS1. The largest absolute Gasteiger partial charge is 0.118 e. The van der Waals surface area contributed by atoms with E-state index in [0.29, 0.717) is 0 Å². The monoisotopic (exact) mass is 300 g/mol. The van der Waals surface area contributed by atoms with Gasteiger partial charge in [0.2, 0.25) is 0 Å². The van der Waals surface area contributed by atoms with E-state index in [0.717, 1.165) is 3.39 Å². The van der Waals surface area contributed by atoms with Crippen LogP contribution in [0.1, 0.15) is 0 Å². The highest BCUT2D eigenvalue weighted by molar-refractivity contribution is 9.28. The van der Waals surface area contributed by atoms with Crippen LogP contribution in [0.15, 0.2) is 19.8 Å². The first-order valence-electron chi connectivity index (χ1n) is 2.77. The fourth-order valence-electron chi connectivity index (χ4n) is 0.553. The van der Waals surface area contributed by atoms with Gasteiger partial charge < -0.3 is 0 Å². The highest BCUT2D eigenvalue weighted by Crippen LogP contribution is 2.36. The second kappa shape index (κ2) is 4.91. The van der Waals surface area contributed by atoms with Crippen LogP contribution in [-0.4, -0.2) is 11.5 Å². The lowest BCUT2D eigenvalue weighted by Gasteiger charge is -1.87. The Morgan fingerprint density at radius 2 is 1.90 bits per heavy atom. The third-order valence-corrected chi connectivity index (χ3v) is 4.07. The number of thioether (sulfide) groups is 2. The number of halogens is 2. The smallest absolute Gasteiger partial charge is 0.0604 e. The maximum Gasteiger partial charge on any atom is 0.0604 e. The molecule has 1 saturated heterocycles. The molecule has 56 valence electrons. The first-order chi connectivity index (χ1) is 4.79. The predicted octanol–water partition coefficient (Wildman–Crippen LogP) is 3.94. The molecular formula is C6H6Br2S2. The predicted molar refractivity (Wildman–Crippen MR) is 58.9 cm³/mol. The summed E-state index contributed by atoms with van der Waals surface area (Å²) in [6, 6.07) is 0. The maximum absolute atomic E-state index is 3.30. The molecule has 0 spiro atoms. The van der Waals surface area contributed by atoms with Crippen LogP contribution in [0.25, 0.3) is 0 Å². The van der Waals surface area contributed by atoms with Crippen molar-refractivity contribution in [1.82, 2.24) is 0 Å². The van der Waals surface area contributed by atoms with Crippen LogP contribution in [0.4, 0.5) is 0 Å². The van der Waals surface area contributed by atoms with Crippen molar-refractivity contribution in [3.63, 3.8) is 0 Å². The summed E-state index contributed by atoms with van der Waals surface area (Å²) < 4.78 is 2.41. The minimum Gasteiger partial charge on any atom is -0.118 e. The van der Waals surface area contributed by atoms with E-state index >= 15 is 0 Å². The van der Waals surface area contributed by atoms with E-state index in [9.17, 15) is 0 Å².